The van der Waals surface area contributed by atoms with E-state index in [1.807, 2.05) is 25.1 Å². The maximum absolute atomic E-state index is 6.07. The van der Waals surface area contributed by atoms with Crippen molar-refractivity contribution in [2.45, 2.75) is 20.3 Å². The van der Waals surface area contributed by atoms with E-state index in [1.165, 1.54) is 5.56 Å². The Morgan fingerprint density at radius 2 is 2.13 bits per heavy atom. The second-order valence-corrected chi connectivity index (χ2v) is 3.93. The van der Waals surface area contributed by atoms with Gasteiger partial charge < -0.3 is 10.1 Å². The number of ether oxygens (including phenoxy) is 1. The topological polar surface area (TPSA) is 21.3 Å². The normalized spacial score (nSPS) is 10.3. The molecule has 1 aromatic rings. The van der Waals surface area contributed by atoms with E-state index in [4.69, 9.17) is 16.3 Å². The number of aryl methyl sites for hydroxylation is 1. The predicted molar refractivity (Wildman–Crippen MR) is 65.8 cm³/mol. The molecule has 0 amide bonds. The van der Waals surface area contributed by atoms with E-state index in [1.54, 1.807) is 0 Å². The van der Waals surface area contributed by atoms with Gasteiger partial charge in [-0.3, -0.25) is 0 Å². The zero-order valence-corrected chi connectivity index (χ0v) is 10.1. The molecule has 3 heteroatoms. The van der Waals surface area contributed by atoms with Gasteiger partial charge in [0.05, 0.1) is 17.3 Å². The van der Waals surface area contributed by atoms with Crippen LogP contribution in [-0.4, -0.2) is 19.8 Å². The van der Waals surface area contributed by atoms with Gasteiger partial charge in [-0.25, -0.2) is 0 Å². The van der Waals surface area contributed by atoms with Crippen LogP contribution in [0.4, 0.5) is 5.69 Å². The van der Waals surface area contributed by atoms with Crippen molar-refractivity contribution in [1.29, 1.82) is 0 Å². The molecule has 0 unspecified atom stereocenters. The van der Waals surface area contributed by atoms with E-state index in [2.05, 4.69) is 12.2 Å². The van der Waals surface area contributed by atoms with Gasteiger partial charge in [-0.15, -0.1) is 0 Å². The summed E-state index contributed by atoms with van der Waals surface area (Å²) in [5, 5.41) is 4.01. The van der Waals surface area contributed by atoms with Crippen molar-refractivity contribution in [3.8, 4) is 0 Å². The number of rotatable bonds is 6. The van der Waals surface area contributed by atoms with Gasteiger partial charge in [0.1, 0.15) is 0 Å². The first kappa shape index (κ1) is 12.3. The molecule has 0 aromatic heterocycles. The number of nitrogens with one attached hydrogen (secondary N) is 1. The minimum absolute atomic E-state index is 0.720. The van der Waals surface area contributed by atoms with Crippen LogP contribution >= 0.6 is 11.6 Å². The molecule has 1 aromatic carbocycles. The molecular formula is C12H18ClNO. The van der Waals surface area contributed by atoms with Gasteiger partial charge in [0.25, 0.3) is 0 Å². The van der Waals surface area contributed by atoms with Crippen molar-refractivity contribution in [1.82, 2.24) is 0 Å². The van der Waals surface area contributed by atoms with E-state index in [0.29, 0.717) is 0 Å². The summed E-state index contributed by atoms with van der Waals surface area (Å²) < 4.78 is 5.36. The van der Waals surface area contributed by atoms with Crippen molar-refractivity contribution in [3.63, 3.8) is 0 Å². The van der Waals surface area contributed by atoms with Crippen LogP contribution < -0.4 is 5.32 Å². The van der Waals surface area contributed by atoms with Crippen LogP contribution in [0.15, 0.2) is 18.2 Å². The molecule has 15 heavy (non-hydrogen) atoms. The highest BCUT2D eigenvalue weighted by Gasteiger charge is 1.98. The highest BCUT2D eigenvalue weighted by Crippen LogP contribution is 2.22. The van der Waals surface area contributed by atoms with Crippen LogP contribution in [0.3, 0.4) is 0 Å². The molecule has 0 aliphatic heterocycles. The Balaban J connectivity index is 2.31. The summed E-state index contributed by atoms with van der Waals surface area (Å²) in [6, 6.07) is 6.00. The third kappa shape index (κ3) is 4.54. The summed E-state index contributed by atoms with van der Waals surface area (Å²) >= 11 is 6.07. The van der Waals surface area contributed by atoms with Crippen molar-refractivity contribution in [2.24, 2.45) is 0 Å². The maximum atomic E-state index is 6.07. The van der Waals surface area contributed by atoms with Crippen LogP contribution in [-0.2, 0) is 4.74 Å². The number of hydrogen-bond acceptors (Lipinski definition) is 2. The van der Waals surface area contributed by atoms with Crippen LogP contribution in [0.2, 0.25) is 5.02 Å². The SMILES string of the molecule is CCCOCCNc1ccc(C)cc1Cl. The number of anilines is 1. The summed E-state index contributed by atoms with van der Waals surface area (Å²) in [5.41, 5.74) is 2.15. The minimum atomic E-state index is 0.720. The van der Waals surface area contributed by atoms with Crippen molar-refractivity contribution >= 4 is 17.3 Å². The fourth-order valence-corrected chi connectivity index (χ4v) is 1.57. The molecule has 1 rings (SSSR count). The average Bonchev–Trinajstić information content (AvgIpc) is 2.20. The summed E-state index contributed by atoms with van der Waals surface area (Å²) in [4.78, 5) is 0. The maximum Gasteiger partial charge on any atom is 0.0640 e. The number of benzene rings is 1. The molecule has 84 valence electrons. The van der Waals surface area contributed by atoms with E-state index in [9.17, 15) is 0 Å². The molecular weight excluding hydrogens is 210 g/mol. The van der Waals surface area contributed by atoms with E-state index in [-0.39, 0.29) is 0 Å². The van der Waals surface area contributed by atoms with Gasteiger partial charge >= 0.3 is 0 Å². The first-order valence-electron chi connectivity index (χ1n) is 5.32. The van der Waals surface area contributed by atoms with Crippen LogP contribution in [0.25, 0.3) is 0 Å². The van der Waals surface area contributed by atoms with Gasteiger partial charge in [-0.2, -0.15) is 0 Å². The smallest absolute Gasteiger partial charge is 0.0640 e. The fraction of sp³-hybridized carbons (Fsp3) is 0.500. The average molecular weight is 228 g/mol. The highest BCUT2D eigenvalue weighted by molar-refractivity contribution is 6.33. The van der Waals surface area contributed by atoms with Crippen LogP contribution in [0, 0.1) is 6.92 Å². The first-order valence-corrected chi connectivity index (χ1v) is 5.69. The lowest BCUT2D eigenvalue weighted by molar-refractivity contribution is 0.144. The van der Waals surface area contributed by atoms with E-state index in [0.717, 1.165) is 36.9 Å². The molecule has 2 nitrogen and oxygen atoms in total. The molecule has 0 aliphatic rings. The summed E-state index contributed by atoms with van der Waals surface area (Å²) in [6.07, 6.45) is 1.06. The molecule has 0 atom stereocenters. The molecule has 0 radical (unpaired) electrons. The zero-order chi connectivity index (χ0) is 11.1. The second kappa shape index (κ2) is 6.70. The summed E-state index contributed by atoms with van der Waals surface area (Å²) in [5.74, 6) is 0. The Morgan fingerprint density at radius 3 is 2.80 bits per heavy atom. The molecule has 0 bridgehead atoms. The third-order valence-electron chi connectivity index (χ3n) is 2.03. The quantitative estimate of drug-likeness (QED) is 0.752. The Morgan fingerprint density at radius 1 is 1.33 bits per heavy atom. The van der Waals surface area contributed by atoms with Crippen molar-refractivity contribution in [3.05, 3.63) is 28.8 Å². The van der Waals surface area contributed by atoms with E-state index >= 15 is 0 Å². The largest absolute Gasteiger partial charge is 0.382 e. The van der Waals surface area contributed by atoms with Gasteiger partial charge in [0.15, 0.2) is 0 Å². The van der Waals surface area contributed by atoms with Gasteiger partial charge in [0, 0.05) is 13.2 Å². The predicted octanol–water partition coefficient (Wildman–Crippen LogP) is 3.49. The zero-order valence-electron chi connectivity index (χ0n) is 9.35. The Hall–Kier alpha value is -0.730. The second-order valence-electron chi connectivity index (χ2n) is 3.52. The third-order valence-corrected chi connectivity index (χ3v) is 2.35. The molecule has 0 saturated carbocycles. The standard InChI is InChI=1S/C12H18ClNO/c1-3-7-15-8-6-14-12-5-4-10(2)9-11(12)13/h4-5,9,14H,3,6-8H2,1-2H3. The Labute approximate surface area is 96.6 Å². The van der Waals surface area contributed by atoms with Gasteiger partial charge in [-0.05, 0) is 31.0 Å². The highest BCUT2D eigenvalue weighted by atomic mass is 35.5. The van der Waals surface area contributed by atoms with Crippen molar-refractivity contribution in [2.75, 3.05) is 25.1 Å². The lowest BCUT2D eigenvalue weighted by Gasteiger charge is -2.09. The van der Waals surface area contributed by atoms with E-state index < -0.39 is 0 Å². The van der Waals surface area contributed by atoms with Gasteiger partial charge in [0.2, 0.25) is 0 Å². The molecule has 0 saturated heterocycles. The van der Waals surface area contributed by atoms with Crippen LogP contribution in [0.1, 0.15) is 18.9 Å². The number of halogens is 1. The molecule has 1 N–H and O–H groups in total. The Bertz CT molecular complexity index is 302. The first-order chi connectivity index (χ1) is 7.24. The van der Waals surface area contributed by atoms with Gasteiger partial charge in [-0.1, -0.05) is 24.6 Å². The summed E-state index contributed by atoms with van der Waals surface area (Å²) in [6.45, 7) is 6.47. The molecule has 0 heterocycles. The minimum Gasteiger partial charge on any atom is -0.382 e. The lowest BCUT2D eigenvalue weighted by Crippen LogP contribution is -2.10. The van der Waals surface area contributed by atoms with Crippen LogP contribution in [0.5, 0.6) is 0 Å². The monoisotopic (exact) mass is 227 g/mol. The molecule has 0 aliphatic carbocycles. The summed E-state index contributed by atoms with van der Waals surface area (Å²) in [7, 11) is 0. The fourth-order valence-electron chi connectivity index (χ4n) is 1.27. The molecule has 0 spiro atoms. The number of hydrogen-bond donors (Lipinski definition) is 1. The van der Waals surface area contributed by atoms with Crippen molar-refractivity contribution < 1.29 is 4.74 Å². The lowest BCUT2D eigenvalue weighted by atomic mass is 10.2. The molecule has 0 fully saturated rings. The Kier molecular flexibility index (Phi) is 5.51.